The van der Waals surface area contributed by atoms with Gasteiger partial charge in [-0.25, -0.2) is 14.4 Å². The van der Waals surface area contributed by atoms with Crippen LogP contribution in [-0.4, -0.2) is 100 Å². The van der Waals surface area contributed by atoms with Crippen molar-refractivity contribution >= 4 is 29.7 Å². The number of alkyl carbamates (subject to hydrolysis) is 1. The predicted octanol–water partition coefficient (Wildman–Crippen LogP) is 4.21. The van der Waals surface area contributed by atoms with Crippen LogP contribution in [0.25, 0.3) is 0 Å². The van der Waals surface area contributed by atoms with Crippen LogP contribution in [0.1, 0.15) is 43.8 Å². The summed E-state index contributed by atoms with van der Waals surface area (Å²) in [6.45, 7) is 4.21. The van der Waals surface area contributed by atoms with E-state index in [1.54, 1.807) is 0 Å². The third-order valence-electron chi connectivity index (χ3n) is 7.23. The number of carboxylic acid groups (broad SMARTS) is 1. The molecule has 4 atom stereocenters. The van der Waals surface area contributed by atoms with Gasteiger partial charge in [-0.3, -0.25) is 0 Å². The first-order valence-corrected chi connectivity index (χ1v) is 14.6. The second kappa shape index (κ2) is 18.8. The van der Waals surface area contributed by atoms with Crippen molar-refractivity contribution in [2.45, 2.75) is 50.4 Å². The molecular weight excluding hydrogens is 597 g/mol. The van der Waals surface area contributed by atoms with Crippen LogP contribution in [0, 0.1) is 11.8 Å². The molecule has 11 nitrogen and oxygen atoms in total. The molecule has 4 N–H and O–H groups in total. The number of ether oxygens (including phenoxy) is 3. The number of amides is 3. The maximum absolute atomic E-state index is 13.1. The molecule has 0 radical (unpaired) electrons. The number of halogens is 4. The fraction of sp³-hybridized carbons (Fsp3) is 0.679. The van der Waals surface area contributed by atoms with Crippen molar-refractivity contribution in [2.24, 2.45) is 11.8 Å². The molecule has 3 amide bonds. The Kier molecular flexibility index (Phi) is 15.9. The molecule has 2 heterocycles. The zero-order valence-corrected chi connectivity index (χ0v) is 25.2. The molecular formula is C28H42ClF3N4O7. The number of likely N-dealkylation sites (N-methyl/N-ethyl adjacent to an activating group) is 1. The third kappa shape index (κ3) is 13.6. The topological polar surface area (TPSA) is 138 Å². The number of piperidine rings is 1. The fourth-order valence-electron chi connectivity index (χ4n) is 5.06. The van der Waals surface area contributed by atoms with Crippen molar-refractivity contribution in [3.05, 3.63) is 34.9 Å². The highest BCUT2D eigenvalue weighted by Crippen LogP contribution is 2.34. The number of hydrogen-bond acceptors (Lipinski definition) is 7. The second-order valence-corrected chi connectivity index (χ2v) is 10.8. The fourth-order valence-corrected chi connectivity index (χ4v) is 5.26. The number of urea groups is 1. The summed E-state index contributed by atoms with van der Waals surface area (Å²) in [5, 5.41) is 16.9. The normalized spacial score (nSPS) is 20.2. The number of alkyl halides is 3. The van der Waals surface area contributed by atoms with Gasteiger partial charge in [0.15, 0.2) is 0 Å². The summed E-state index contributed by atoms with van der Waals surface area (Å²) in [7, 11) is 3.27. The number of likely N-dealkylation sites (tertiary alicyclic amines) is 1. The molecule has 244 valence electrons. The minimum atomic E-state index is -5.08. The first-order valence-electron chi connectivity index (χ1n) is 14.2. The van der Waals surface area contributed by atoms with Crippen LogP contribution in [0.2, 0.25) is 5.02 Å². The summed E-state index contributed by atoms with van der Waals surface area (Å²) in [5.74, 6) is -2.11. The summed E-state index contributed by atoms with van der Waals surface area (Å²) in [6, 6.07) is 7.81. The van der Waals surface area contributed by atoms with E-state index in [1.807, 2.05) is 36.2 Å². The average molecular weight is 639 g/mol. The summed E-state index contributed by atoms with van der Waals surface area (Å²) >= 11 is 6.27. The molecule has 15 heteroatoms. The van der Waals surface area contributed by atoms with Crippen LogP contribution < -0.4 is 16.0 Å². The van der Waals surface area contributed by atoms with Gasteiger partial charge in [-0.1, -0.05) is 23.7 Å². The van der Waals surface area contributed by atoms with E-state index in [9.17, 15) is 22.8 Å². The number of nitrogens with one attached hydrogen (secondary N) is 3. The summed E-state index contributed by atoms with van der Waals surface area (Å²) < 4.78 is 48.2. The highest BCUT2D eigenvalue weighted by molar-refractivity contribution is 6.30. The smallest absolute Gasteiger partial charge is 0.475 e. The van der Waals surface area contributed by atoms with Crippen molar-refractivity contribution < 1.29 is 46.9 Å². The largest absolute Gasteiger partial charge is 0.490 e. The summed E-state index contributed by atoms with van der Waals surface area (Å²) in [6.07, 6.45) is -0.703. The SMILES string of the molecule is CNC(CNC(=O)N1CCCC(C(OCCNC(=O)OC)c2cccc(Cl)c2)C1)CC1CCCOC1.O=C(O)C(F)(F)F. The molecule has 4 unspecified atom stereocenters. The molecule has 1 aromatic rings. The van der Waals surface area contributed by atoms with E-state index in [2.05, 4.69) is 20.7 Å². The quantitative estimate of drug-likeness (QED) is 0.265. The Balaban J connectivity index is 0.000000821. The number of benzene rings is 1. The maximum Gasteiger partial charge on any atom is 0.490 e. The number of methoxy groups -OCH3 is 1. The molecule has 0 saturated carbocycles. The Labute approximate surface area is 254 Å². The Morgan fingerprint density at radius 2 is 1.95 bits per heavy atom. The minimum absolute atomic E-state index is 0.0444. The van der Waals surface area contributed by atoms with Crippen molar-refractivity contribution in [1.29, 1.82) is 0 Å². The zero-order valence-electron chi connectivity index (χ0n) is 24.5. The summed E-state index contributed by atoms with van der Waals surface area (Å²) in [4.78, 5) is 35.2. The van der Waals surface area contributed by atoms with Gasteiger partial charge < -0.3 is 40.2 Å². The van der Waals surface area contributed by atoms with Crippen molar-refractivity contribution in [3.8, 4) is 0 Å². The second-order valence-electron chi connectivity index (χ2n) is 10.4. The Morgan fingerprint density at radius 3 is 2.56 bits per heavy atom. The van der Waals surface area contributed by atoms with E-state index >= 15 is 0 Å². The number of rotatable bonds is 11. The number of carbonyl (C=O) groups is 3. The van der Waals surface area contributed by atoms with Crippen molar-refractivity contribution in [1.82, 2.24) is 20.9 Å². The van der Waals surface area contributed by atoms with E-state index in [-0.39, 0.29) is 24.1 Å². The van der Waals surface area contributed by atoms with Crippen LogP contribution in [-0.2, 0) is 19.0 Å². The van der Waals surface area contributed by atoms with Gasteiger partial charge in [0.05, 0.1) is 19.8 Å². The molecule has 0 bridgehead atoms. The van der Waals surface area contributed by atoms with Gasteiger partial charge in [0.25, 0.3) is 0 Å². The van der Waals surface area contributed by atoms with Gasteiger partial charge in [-0.05, 0) is 62.8 Å². The van der Waals surface area contributed by atoms with Crippen LogP contribution in [0.4, 0.5) is 22.8 Å². The number of aliphatic carboxylic acids is 1. The molecule has 2 fully saturated rings. The maximum atomic E-state index is 13.1. The lowest BCUT2D eigenvalue weighted by molar-refractivity contribution is -0.192. The van der Waals surface area contributed by atoms with E-state index in [0.717, 1.165) is 51.0 Å². The molecule has 0 aliphatic carbocycles. The average Bonchev–Trinajstić information content (AvgIpc) is 2.99. The predicted molar refractivity (Wildman–Crippen MR) is 153 cm³/mol. The molecule has 1 aromatic carbocycles. The van der Waals surface area contributed by atoms with Crippen LogP contribution >= 0.6 is 11.6 Å². The lowest BCUT2D eigenvalue weighted by atomic mass is 9.88. The lowest BCUT2D eigenvalue weighted by Crippen LogP contribution is -2.50. The highest BCUT2D eigenvalue weighted by Gasteiger charge is 2.38. The number of carboxylic acids is 1. The lowest BCUT2D eigenvalue weighted by Gasteiger charge is -2.37. The number of nitrogens with zero attached hydrogens (tertiary/aromatic N) is 1. The molecule has 3 rings (SSSR count). The van der Waals surface area contributed by atoms with Crippen LogP contribution in [0.5, 0.6) is 0 Å². The van der Waals surface area contributed by atoms with Gasteiger partial charge in [0, 0.05) is 56.4 Å². The van der Waals surface area contributed by atoms with Gasteiger partial charge >= 0.3 is 24.3 Å². The molecule has 2 aliphatic heterocycles. The Bertz CT molecular complexity index is 1010. The van der Waals surface area contributed by atoms with Gasteiger partial charge in [0.1, 0.15) is 0 Å². The monoisotopic (exact) mass is 638 g/mol. The van der Waals surface area contributed by atoms with Gasteiger partial charge in [-0.15, -0.1) is 0 Å². The summed E-state index contributed by atoms with van der Waals surface area (Å²) in [5.41, 5.74) is 0.970. The van der Waals surface area contributed by atoms with Crippen molar-refractivity contribution in [2.75, 3.05) is 60.2 Å². The molecule has 0 aromatic heterocycles. The van der Waals surface area contributed by atoms with E-state index < -0.39 is 18.2 Å². The van der Waals surface area contributed by atoms with E-state index in [4.69, 9.17) is 31.0 Å². The third-order valence-corrected chi connectivity index (χ3v) is 7.46. The van der Waals surface area contributed by atoms with Gasteiger partial charge in [0.2, 0.25) is 0 Å². The van der Waals surface area contributed by atoms with Crippen LogP contribution in [0.15, 0.2) is 24.3 Å². The molecule has 0 spiro atoms. The van der Waals surface area contributed by atoms with Crippen molar-refractivity contribution in [3.63, 3.8) is 0 Å². The van der Waals surface area contributed by atoms with E-state index in [0.29, 0.717) is 37.2 Å². The zero-order chi connectivity index (χ0) is 31.8. The minimum Gasteiger partial charge on any atom is -0.475 e. The highest BCUT2D eigenvalue weighted by atomic mass is 35.5. The molecule has 43 heavy (non-hydrogen) atoms. The standard InChI is InChI=1S/C26H41ClN4O5.C2HF3O2/c1-28-23(14-19-6-5-12-35-18-19)16-30-25(32)31-11-4-8-21(17-31)24(20-7-3-9-22(27)15-20)36-13-10-29-26(33)34-2;3-2(4,5)1(6)7/h3,7,9,15,19,21,23-24,28H,4-6,8,10-14,16-18H2,1-2H3,(H,29,33)(H,30,32);(H,6,7). The van der Waals surface area contributed by atoms with Crippen LogP contribution in [0.3, 0.4) is 0 Å². The Morgan fingerprint density at radius 1 is 1.21 bits per heavy atom. The first-order chi connectivity index (χ1) is 20.4. The van der Waals surface area contributed by atoms with Gasteiger partial charge in [-0.2, -0.15) is 13.2 Å². The van der Waals surface area contributed by atoms with E-state index in [1.165, 1.54) is 13.5 Å². The first kappa shape index (κ1) is 36.4. The molecule has 2 aliphatic rings. The Hall–Kier alpha value is -2.81. The number of carbonyl (C=O) groups excluding carboxylic acids is 2. The molecule has 2 saturated heterocycles. The number of hydrogen-bond donors (Lipinski definition) is 4.